The Hall–Kier alpha value is -2.62. The molecule has 2 aromatic carbocycles. The lowest BCUT2D eigenvalue weighted by Crippen LogP contribution is -2.36. The van der Waals surface area contributed by atoms with E-state index in [1.807, 2.05) is 62.4 Å². The molecule has 4 nitrogen and oxygen atoms in total. The van der Waals surface area contributed by atoms with Crippen LogP contribution >= 0.6 is 0 Å². The molecule has 0 unspecified atom stereocenters. The number of aryl methyl sites for hydroxylation is 2. The van der Waals surface area contributed by atoms with Crippen LogP contribution in [0.3, 0.4) is 0 Å². The van der Waals surface area contributed by atoms with Gasteiger partial charge in [-0.15, -0.1) is 0 Å². The van der Waals surface area contributed by atoms with Gasteiger partial charge in [-0.25, -0.2) is 0 Å². The van der Waals surface area contributed by atoms with E-state index in [9.17, 15) is 9.59 Å². The van der Waals surface area contributed by atoms with Crippen molar-refractivity contribution >= 4 is 23.2 Å². The molecule has 0 bridgehead atoms. The van der Waals surface area contributed by atoms with Gasteiger partial charge >= 0.3 is 0 Å². The van der Waals surface area contributed by atoms with Gasteiger partial charge in [-0.05, 0) is 38.1 Å². The van der Waals surface area contributed by atoms with Gasteiger partial charge < -0.3 is 10.2 Å². The van der Waals surface area contributed by atoms with E-state index in [4.69, 9.17) is 0 Å². The summed E-state index contributed by atoms with van der Waals surface area (Å²) in [5.74, 6) is -0.387. The lowest BCUT2D eigenvalue weighted by Gasteiger charge is -2.21. The molecule has 0 saturated heterocycles. The first kappa shape index (κ1) is 15.8. The number of hydrogen-bond donors (Lipinski definition) is 1. The third kappa shape index (κ3) is 4.19. The summed E-state index contributed by atoms with van der Waals surface area (Å²) in [6.07, 6.45) is 0. The number of nitrogens with zero attached hydrogens (tertiary/aromatic N) is 1. The molecule has 1 N–H and O–H groups in total. The van der Waals surface area contributed by atoms with E-state index < -0.39 is 0 Å². The number of benzene rings is 2. The van der Waals surface area contributed by atoms with E-state index in [-0.39, 0.29) is 18.4 Å². The Morgan fingerprint density at radius 2 is 1.41 bits per heavy atom. The van der Waals surface area contributed by atoms with Crippen LogP contribution in [0, 0.1) is 13.8 Å². The number of rotatable bonds is 4. The van der Waals surface area contributed by atoms with Crippen LogP contribution in [0.1, 0.15) is 18.1 Å². The van der Waals surface area contributed by atoms with Gasteiger partial charge in [0, 0.05) is 18.3 Å². The van der Waals surface area contributed by atoms with Crippen molar-refractivity contribution in [3.05, 3.63) is 59.7 Å². The number of hydrogen-bond acceptors (Lipinski definition) is 2. The molecule has 0 aliphatic rings. The summed E-state index contributed by atoms with van der Waals surface area (Å²) in [4.78, 5) is 25.4. The van der Waals surface area contributed by atoms with E-state index >= 15 is 0 Å². The van der Waals surface area contributed by atoms with Gasteiger partial charge in [0.05, 0.1) is 0 Å². The average Bonchev–Trinajstić information content (AvgIpc) is 2.48. The van der Waals surface area contributed by atoms with Crippen molar-refractivity contribution in [2.24, 2.45) is 0 Å². The van der Waals surface area contributed by atoms with Crippen molar-refractivity contribution in [3.8, 4) is 0 Å². The highest BCUT2D eigenvalue weighted by Gasteiger charge is 2.15. The lowest BCUT2D eigenvalue weighted by molar-refractivity contribution is -0.120. The number of carbonyl (C=O) groups excluding carboxylic acids is 2. The largest absolute Gasteiger partial charge is 0.325 e. The minimum Gasteiger partial charge on any atom is -0.325 e. The van der Waals surface area contributed by atoms with Gasteiger partial charge in [0.15, 0.2) is 0 Å². The van der Waals surface area contributed by atoms with Crippen LogP contribution in [0.15, 0.2) is 48.5 Å². The zero-order valence-corrected chi connectivity index (χ0v) is 13.1. The minimum atomic E-state index is -0.223. The van der Waals surface area contributed by atoms with E-state index in [2.05, 4.69) is 5.32 Å². The topological polar surface area (TPSA) is 49.4 Å². The summed E-state index contributed by atoms with van der Waals surface area (Å²) in [7, 11) is 0. The highest BCUT2D eigenvalue weighted by molar-refractivity contribution is 6.01. The number of nitrogens with one attached hydrogen (secondary N) is 1. The van der Waals surface area contributed by atoms with Crippen LogP contribution in [0.5, 0.6) is 0 Å². The maximum atomic E-state index is 12.1. The van der Waals surface area contributed by atoms with Crippen molar-refractivity contribution < 1.29 is 9.59 Å². The Morgan fingerprint density at radius 3 is 1.91 bits per heavy atom. The summed E-state index contributed by atoms with van der Waals surface area (Å²) < 4.78 is 0. The van der Waals surface area contributed by atoms with Crippen LogP contribution in [-0.4, -0.2) is 18.4 Å². The maximum Gasteiger partial charge on any atom is 0.244 e. The lowest BCUT2D eigenvalue weighted by atomic mass is 10.2. The summed E-state index contributed by atoms with van der Waals surface area (Å²) in [5, 5.41) is 2.80. The summed E-state index contributed by atoms with van der Waals surface area (Å²) in [6, 6.07) is 15.1. The Kier molecular flexibility index (Phi) is 4.94. The van der Waals surface area contributed by atoms with Crippen molar-refractivity contribution in [2.45, 2.75) is 20.8 Å². The predicted molar refractivity (Wildman–Crippen MR) is 89.0 cm³/mol. The normalized spacial score (nSPS) is 10.1. The highest BCUT2D eigenvalue weighted by atomic mass is 16.2. The molecule has 0 saturated carbocycles. The first-order valence-electron chi connectivity index (χ1n) is 7.17. The average molecular weight is 296 g/mol. The monoisotopic (exact) mass is 296 g/mol. The molecule has 0 fully saturated rings. The molecule has 0 aromatic heterocycles. The van der Waals surface area contributed by atoms with Crippen LogP contribution in [0.25, 0.3) is 0 Å². The molecular weight excluding hydrogens is 276 g/mol. The van der Waals surface area contributed by atoms with Gasteiger partial charge in [0.1, 0.15) is 6.54 Å². The smallest absolute Gasteiger partial charge is 0.244 e. The Labute approximate surface area is 130 Å². The van der Waals surface area contributed by atoms with E-state index in [0.29, 0.717) is 0 Å². The standard InChI is InChI=1S/C18H20N2O2/c1-13-4-8-16(9-5-13)19-18(22)12-20(15(3)21)17-10-6-14(2)7-11-17/h4-11H,12H2,1-3H3,(H,19,22). The molecule has 0 atom stereocenters. The molecule has 0 aliphatic carbocycles. The second kappa shape index (κ2) is 6.89. The first-order chi connectivity index (χ1) is 10.5. The summed E-state index contributed by atoms with van der Waals surface area (Å²) in [5.41, 5.74) is 3.68. The quantitative estimate of drug-likeness (QED) is 0.941. The minimum absolute atomic E-state index is 0.00767. The molecule has 114 valence electrons. The molecule has 0 aliphatic heterocycles. The molecule has 0 radical (unpaired) electrons. The van der Waals surface area contributed by atoms with E-state index in [0.717, 1.165) is 22.5 Å². The predicted octanol–water partition coefficient (Wildman–Crippen LogP) is 3.30. The molecule has 4 heteroatoms. The van der Waals surface area contributed by atoms with Crippen LogP contribution in [-0.2, 0) is 9.59 Å². The second-order valence-corrected chi connectivity index (χ2v) is 5.35. The van der Waals surface area contributed by atoms with E-state index in [1.54, 1.807) is 0 Å². The van der Waals surface area contributed by atoms with Crippen LogP contribution in [0.4, 0.5) is 11.4 Å². The van der Waals surface area contributed by atoms with Gasteiger partial charge in [0.2, 0.25) is 11.8 Å². The Balaban J connectivity index is 2.07. The third-order valence-electron chi connectivity index (χ3n) is 3.36. The maximum absolute atomic E-state index is 12.1. The van der Waals surface area contributed by atoms with Crippen molar-refractivity contribution in [3.63, 3.8) is 0 Å². The molecule has 2 amide bonds. The SMILES string of the molecule is CC(=O)N(CC(=O)Nc1ccc(C)cc1)c1ccc(C)cc1. The molecule has 2 rings (SSSR count). The molecule has 0 spiro atoms. The fraction of sp³-hybridized carbons (Fsp3) is 0.222. The fourth-order valence-corrected chi connectivity index (χ4v) is 2.09. The molecule has 22 heavy (non-hydrogen) atoms. The third-order valence-corrected chi connectivity index (χ3v) is 3.36. The van der Waals surface area contributed by atoms with Crippen molar-refractivity contribution in [2.75, 3.05) is 16.8 Å². The first-order valence-corrected chi connectivity index (χ1v) is 7.17. The van der Waals surface area contributed by atoms with Gasteiger partial charge in [0.25, 0.3) is 0 Å². The van der Waals surface area contributed by atoms with Crippen molar-refractivity contribution in [1.29, 1.82) is 0 Å². The molecular formula is C18H20N2O2. The van der Waals surface area contributed by atoms with Crippen LogP contribution in [0.2, 0.25) is 0 Å². The number of carbonyl (C=O) groups is 2. The molecule has 0 heterocycles. The van der Waals surface area contributed by atoms with Gasteiger partial charge in [-0.3, -0.25) is 9.59 Å². The summed E-state index contributed by atoms with van der Waals surface area (Å²) >= 11 is 0. The zero-order valence-electron chi connectivity index (χ0n) is 13.1. The highest BCUT2D eigenvalue weighted by Crippen LogP contribution is 2.16. The van der Waals surface area contributed by atoms with Crippen LogP contribution < -0.4 is 10.2 Å². The number of anilines is 2. The second-order valence-electron chi connectivity index (χ2n) is 5.35. The fourth-order valence-electron chi connectivity index (χ4n) is 2.09. The molecule has 2 aromatic rings. The Bertz CT molecular complexity index is 660. The van der Waals surface area contributed by atoms with Gasteiger partial charge in [-0.1, -0.05) is 35.4 Å². The Morgan fingerprint density at radius 1 is 0.909 bits per heavy atom. The zero-order chi connectivity index (χ0) is 16.1. The summed E-state index contributed by atoms with van der Waals surface area (Å²) in [6.45, 7) is 5.41. The van der Waals surface area contributed by atoms with E-state index in [1.165, 1.54) is 11.8 Å². The van der Waals surface area contributed by atoms with Gasteiger partial charge in [-0.2, -0.15) is 0 Å². The number of amides is 2. The van der Waals surface area contributed by atoms with Crippen molar-refractivity contribution in [1.82, 2.24) is 0 Å².